The molecule has 5 nitrogen and oxygen atoms in total. The quantitative estimate of drug-likeness (QED) is 0.398. The molecule has 0 saturated heterocycles. The Labute approximate surface area is 174 Å². The van der Waals surface area contributed by atoms with Crippen molar-refractivity contribution >= 4 is 18.1 Å². The van der Waals surface area contributed by atoms with Gasteiger partial charge in [-0.2, -0.15) is 5.10 Å². The van der Waals surface area contributed by atoms with Crippen LogP contribution >= 0.6 is 12.2 Å². The summed E-state index contributed by atoms with van der Waals surface area (Å²) >= 11 is 5.42. The molecule has 1 unspecified atom stereocenters. The highest BCUT2D eigenvalue weighted by Gasteiger charge is 2.20. The van der Waals surface area contributed by atoms with Gasteiger partial charge in [0, 0.05) is 31.1 Å². The van der Waals surface area contributed by atoms with Gasteiger partial charge in [0.2, 0.25) is 5.91 Å². The van der Waals surface area contributed by atoms with E-state index < -0.39 is 0 Å². The predicted octanol–water partition coefficient (Wildman–Crippen LogP) is 5.51. The molecule has 1 atom stereocenters. The van der Waals surface area contributed by atoms with Crippen LogP contribution in [0.25, 0.3) is 11.4 Å². The maximum Gasteiger partial charge on any atom is 0.224 e. The number of nitrogens with zero attached hydrogens (tertiary/aromatic N) is 3. The van der Waals surface area contributed by atoms with Gasteiger partial charge in [0.15, 0.2) is 10.6 Å². The molecule has 0 aliphatic rings. The monoisotopic (exact) mass is 402 g/mol. The first-order valence-corrected chi connectivity index (χ1v) is 10.9. The summed E-state index contributed by atoms with van der Waals surface area (Å²) in [4.78, 5) is 15.1. The SMILES string of the molecule is CCCCCN(C(=O)CCn1c(-c2ccc(C)cc2)n[nH]c1=S)C(C)CCC. The minimum Gasteiger partial charge on any atom is -0.340 e. The van der Waals surface area contributed by atoms with Gasteiger partial charge in [0.25, 0.3) is 0 Å². The third-order valence-electron chi connectivity index (χ3n) is 5.18. The number of amides is 1. The van der Waals surface area contributed by atoms with E-state index in [2.05, 4.69) is 54.9 Å². The molecule has 0 radical (unpaired) electrons. The summed E-state index contributed by atoms with van der Waals surface area (Å²) in [6.45, 7) is 9.97. The van der Waals surface area contributed by atoms with Crippen molar-refractivity contribution in [2.75, 3.05) is 6.54 Å². The molecule has 0 bridgehead atoms. The van der Waals surface area contributed by atoms with E-state index in [9.17, 15) is 4.79 Å². The molecular weight excluding hydrogens is 368 g/mol. The van der Waals surface area contributed by atoms with Crippen molar-refractivity contribution in [2.24, 2.45) is 0 Å². The highest BCUT2D eigenvalue weighted by molar-refractivity contribution is 7.71. The fraction of sp³-hybridized carbons (Fsp3) is 0.591. The van der Waals surface area contributed by atoms with E-state index >= 15 is 0 Å². The normalized spacial score (nSPS) is 12.1. The first kappa shape index (κ1) is 22.3. The van der Waals surface area contributed by atoms with Crippen LogP contribution < -0.4 is 0 Å². The Morgan fingerprint density at radius 2 is 1.93 bits per heavy atom. The minimum absolute atomic E-state index is 0.204. The number of aromatic nitrogens is 3. The Kier molecular flexibility index (Phi) is 8.90. The number of hydrogen-bond donors (Lipinski definition) is 1. The first-order valence-electron chi connectivity index (χ1n) is 10.5. The zero-order chi connectivity index (χ0) is 20.5. The van der Waals surface area contributed by atoms with Gasteiger partial charge >= 0.3 is 0 Å². The zero-order valence-electron chi connectivity index (χ0n) is 17.7. The summed E-state index contributed by atoms with van der Waals surface area (Å²) in [5.74, 6) is 0.993. The van der Waals surface area contributed by atoms with E-state index in [-0.39, 0.29) is 11.9 Å². The molecule has 2 aromatic rings. The van der Waals surface area contributed by atoms with Gasteiger partial charge in [-0.15, -0.1) is 0 Å². The third-order valence-corrected chi connectivity index (χ3v) is 5.49. The Bertz CT molecular complexity index is 794. The molecule has 1 aromatic heterocycles. The van der Waals surface area contributed by atoms with E-state index in [1.807, 2.05) is 16.7 Å². The fourth-order valence-electron chi connectivity index (χ4n) is 3.50. The van der Waals surface area contributed by atoms with Crippen LogP contribution in [0.5, 0.6) is 0 Å². The van der Waals surface area contributed by atoms with Gasteiger partial charge in [-0.3, -0.25) is 14.5 Å². The van der Waals surface area contributed by atoms with E-state index in [0.717, 1.165) is 50.0 Å². The molecule has 0 fully saturated rings. The molecular formula is C22H34N4OS. The molecule has 1 N–H and O–H groups in total. The summed E-state index contributed by atoms with van der Waals surface area (Å²) < 4.78 is 2.49. The maximum absolute atomic E-state index is 13.0. The summed E-state index contributed by atoms with van der Waals surface area (Å²) in [6.07, 6.45) is 5.95. The summed E-state index contributed by atoms with van der Waals surface area (Å²) in [5.41, 5.74) is 2.21. The molecule has 1 heterocycles. The molecule has 6 heteroatoms. The number of rotatable bonds is 11. The molecule has 28 heavy (non-hydrogen) atoms. The lowest BCUT2D eigenvalue weighted by Gasteiger charge is -2.29. The molecule has 2 rings (SSSR count). The molecule has 0 aliphatic carbocycles. The Morgan fingerprint density at radius 1 is 1.21 bits per heavy atom. The lowest BCUT2D eigenvalue weighted by Crippen LogP contribution is -2.39. The Balaban J connectivity index is 2.10. The number of H-pyrrole nitrogens is 1. The van der Waals surface area contributed by atoms with E-state index in [1.54, 1.807) is 0 Å². The van der Waals surface area contributed by atoms with Crippen LogP contribution in [0.2, 0.25) is 0 Å². The van der Waals surface area contributed by atoms with Crippen LogP contribution in [0, 0.1) is 11.7 Å². The molecule has 0 spiro atoms. The van der Waals surface area contributed by atoms with E-state index in [0.29, 0.717) is 17.7 Å². The number of aryl methyl sites for hydroxylation is 1. The first-order chi connectivity index (χ1) is 13.5. The summed E-state index contributed by atoms with van der Waals surface area (Å²) in [7, 11) is 0. The number of hydrogen-bond acceptors (Lipinski definition) is 3. The summed E-state index contributed by atoms with van der Waals surface area (Å²) in [6, 6.07) is 8.48. The number of nitrogens with one attached hydrogen (secondary N) is 1. The molecule has 0 saturated carbocycles. The highest BCUT2D eigenvalue weighted by Crippen LogP contribution is 2.19. The van der Waals surface area contributed by atoms with E-state index in [1.165, 1.54) is 5.56 Å². The number of carbonyl (C=O) groups excluding carboxylic acids is 1. The fourth-order valence-corrected chi connectivity index (χ4v) is 3.72. The average Bonchev–Trinajstić information content (AvgIpc) is 3.04. The van der Waals surface area contributed by atoms with Crippen LogP contribution in [0.3, 0.4) is 0 Å². The molecule has 0 aliphatic heterocycles. The van der Waals surface area contributed by atoms with Crippen molar-refractivity contribution < 1.29 is 4.79 Å². The molecule has 154 valence electrons. The molecule has 1 amide bonds. The average molecular weight is 403 g/mol. The largest absolute Gasteiger partial charge is 0.340 e. The van der Waals surface area contributed by atoms with Crippen molar-refractivity contribution in [2.45, 2.75) is 78.8 Å². The number of benzene rings is 1. The van der Waals surface area contributed by atoms with Crippen LogP contribution in [-0.4, -0.2) is 38.2 Å². The maximum atomic E-state index is 13.0. The number of unbranched alkanes of at least 4 members (excludes halogenated alkanes) is 2. The van der Waals surface area contributed by atoms with Gasteiger partial charge in [0.05, 0.1) is 0 Å². The van der Waals surface area contributed by atoms with Crippen molar-refractivity contribution in [3.63, 3.8) is 0 Å². The lowest BCUT2D eigenvalue weighted by atomic mass is 10.1. The van der Waals surface area contributed by atoms with Crippen molar-refractivity contribution in [3.8, 4) is 11.4 Å². The number of carbonyl (C=O) groups is 1. The van der Waals surface area contributed by atoms with Crippen molar-refractivity contribution in [1.82, 2.24) is 19.7 Å². The predicted molar refractivity (Wildman–Crippen MR) is 118 cm³/mol. The second-order valence-corrected chi connectivity index (χ2v) is 7.94. The smallest absolute Gasteiger partial charge is 0.224 e. The zero-order valence-corrected chi connectivity index (χ0v) is 18.5. The highest BCUT2D eigenvalue weighted by atomic mass is 32.1. The molecule has 1 aromatic carbocycles. The second kappa shape index (κ2) is 11.1. The second-order valence-electron chi connectivity index (χ2n) is 7.55. The number of aromatic amines is 1. The Morgan fingerprint density at radius 3 is 2.57 bits per heavy atom. The van der Waals surface area contributed by atoms with Crippen LogP contribution in [0.15, 0.2) is 24.3 Å². The van der Waals surface area contributed by atoms with Gasteiger partial charge in [-0.05, 0) is 38.9 Å². The van der Waals surface area contributed by atoms with Gasteiger partial charge in [-0.25, -0.2) is 0 Å². The van der Waals surface area contributed by atoms with E-state index in [4.69, 9.17) is 12.2 Å². The van der Waals surface area contributed by atoms with Gasteiger partial charge in [-0.1, -0.05) is 62.9 Å². The van der Waals surface area contributed by atoms with Crippen LogP contribution in [-0.2, 0) is 11.3 Å². The third kappa shape index (κ3) is 6.03. The van der Waals surface area contributed by atoms with Crippen molar-refractivity contribution in [1.29, 1.82) is 0 Å². The van der Waals surface area contributed by atoms with Crippen LogP contribution in [0.1, 0.15) is 64.9 Å². The standard InChI is InChI=1S/C22H34N4OS/c1-5-7-8-15-25(18(4)9-6-2)20(27)14-16-26-21(23-24-22(26)28)19-12-10-17(3)11-13-19/h10-13,18H,5-9,14-16H2,1-4H3,(H,24,28). The van der Waals surface area contributed by atoms with Crippen molar-refractivity contribution in [3.05, 3.63) is 34.6 Å². The van der Waals surface area contributed by atoms with Gasteiger partial charge < -0.3 is 4.90 Å². The lowest BCUT2D eigenvalue weighted by molar-refractivity contribution is -0.133. The topological polar surface area (TPSA) is 53.9 Å². The minimum atomic E-state index is 0.204. The van der Waals surface area contributed by atoms with Crippen LogP contribution in [0.4, 0.5) is 0 Å². The Hall–Kier alpha value is -1.95. The summed E-state index contributed by atoms with van der Waals surface area (Å²) in [5, 5.41) is 7.26. The van der Waals surface area contributed by atoms with Gasteiger partial charge in [0.1, 0.15) is 0 Å².